The maximum absolute atomic E-state index is 14.8. The van der Waals surface area contributed by atoms with Crippen molar-refractivity contribution in [3.63, 3.8) is 0 Å². The number of benzene rings is 1. The number of carboxylic acids is 1. The van der Waals surface area contributed by atoms with Gasteiger partial charge in [0.25, 0.3) is 0 Å². The van der Waals surface area contributed by atoms with Gasteiger partial charge in [0.1, 0.15) is 48.3 Å². The lowest BCUT2D eigenvalue weighted by atomic mass is 9.96. The van der Waals surface area contributed by atoms with E-state index in [4.69, 9.17) is 28.3 Å². The molecule has 0 bridgehead atoms. The van der Waals surface area contributed by atoms with Gasteiger partial charge in [0.15, 0.2) is 5.96 Å². The van der Waals surface area contributed by atoms with E-state index in [0.29, 0.717) is 57.1 Å². The topological polar surface area (TPSA) is 425 Å². The average Bonchev–Trinajstić information content (AvgIpc) is 4.32. The first-order chi connectivity index (χ1) is 38.1. The van der Waals surface area contributed by atoms with E-state index < -0.39 is 125 Å². The summed E-state index contributed by atoms with van der Waals surface area (Å²) >= 11 is 0. The number of rotatable bonds is 27. The number of likely N-dealkylation sites (tertiary alicyclic amines) is 4. The lowest BCUT2D eigenvalue weighted by Gasteiger charge is -2.34. The zero-order valence-corrected chi connectivity index (χ0v) is 45.5. The highest BCUT2D eigenvalue weighted by Gasteiger charge is 2.46. The summed E-state index contributed by atoms with van der Waals surface area (Å²) in [5, 5.41) is 31.3. The highest BCUT2D eigenvalue weighted by atomic mass is 16.4. The van der Waals surface area contributed by atoms with Gasteiger partial charge in [0, 0.05) is 69.1 Å². The smallest absolute Gasteiger partial charge is 0.303 e. The summed E-state index contributed by atoms with van der Waals surface area (Å²) in [5.41, 5.74) is 24.2. The number of aromatic nitrogens is 1. The van der Waals surface area contributed by atoms with E-state index in [1.807, 2.05) is 31.2 Å². The van der Waals surface area contributed by atoms with Crippen molar-refractivity contribution in [2.75, 3.05) is 32.7 Å². The number of hydrogen-bond donors (Lipinski definition) is 12. The number of primary amides is 2. The Bertz CT molecular complexity index is 2650. The molecule has 10 amide bonds. The van der Waals surface area contributed by atoms with Gasteiger partial charge in [-0.15, -0.1) is 0 Å². The zero-order valence-electron chi connectivity index (χ0n) is 45.5. The third-order valence-corrected chi connectivity index (χ3v) is 15.8. The van der Waals surface area contributed by atoms with E-state index in [2.05, 4.69) is 31.6 Å². The SMILES string of the molecule is CCC(C)C(NC(=O)C(CCC(N)=O)NC(=O)C1CCCN1C(=O)C(CCCNC(=N)N)NC(=O)C1CCCN1C(=O)C(Cc1c[nH]c2ccccc12)NC(=O)C(N)CCC(=O)O)C(=O)N1CCCC1C(=O)N1CCCC1C(N)=O. The lowest BCUT2D eigenvalue weighted by molar-refractivity contribution is -0.148. The van der Waals surface area contributed by atoms with Gasteiger partial charge in [-0.2, -0.15) is 0 Å². The molecule has 0 saturated carbocycles. The van der Waals surface area contributed by atoms with Crippen LogP contribution in [0.4, 0.5) is 0 Å². The first-order valence-electron chi connectivity index (χ1n) is 27.7. The Morgan fingerprint density at radius 3 is 1.82 bits per heavy atom. The molecule has 0 radical (unpaired) electrons. The van der Waals surface area contributed by atoms with Gasteiger partial charge in [-0.3, -0.25) is 58.1 Å². The summed E-state index contributed by atoms with van der Waals surface area (Å²) in [4.78, 5) is 158. The Hall–Kier alpha value is -7.84. The van der Waals surface area contributed by atoms with Crippen LogP contribution in [0, 0.1) is 11.3 Å². The number of fused-ring (bicyclic) bond motifs is 1. The summed E-state index contributed by atoms with van der Waals surface area (Å²) < 4.78 is 0. The summed E-state index contributed by atoms with van der Waals surface area (Å²) in [6.07, 6.45) is 4.01. The summed E-state index contributed by atoms with van der Waals surface area (Å²) in [7, 11) is 0. The molecule has 1 aromatic carbocycles. The van der Waals surface area contributed by atoms with Crippen LogP contribution in [0.5, 0.6) is 0 Å². The molecule has 2 aromatic rings. The molecule has 27 nitrogen and oxygen atoms in total. The van der Waals surface area contributed by atoms with Crippen LogP contribution in [0.2, 0.25) is 0 Å². The van der Waals surface area contributed by atoms with Crippen molar-refractivity contribution < 1.29 is 57.8 Å². The average molecular weight is 1120 g/mol. The Kier molecular flexibility index (Phi) is 21.7. The summed E-state index contributed by atoms with van der Waals surface area (Å²) in [6.45, 7) is 4.42. The number of nitrogens with one attached hydrogen (secondary N) is 7. The normalized spacial score (nSPS) is 21.2. The Labute approximate surface area is 463 Å². The number of hydrogen-bond acceptors (Lipinski definition) is 13. The fourth-order valence-electron chi connectivity index (χ4n) is 11.2. The maximum atomic E-state index is 14.8. The molecular formula is C53H79N15O12. The Balaban J connectivity index is 1.18. The highest BCUT2D eigenvalue weighted by molar-refractivity contribution is 5.99. The standard InChI is InChI=1S/C53H79N15O12/c1-3-29(2)43(52(80)68-26-10-17-40(68)51(79)65-23-7-14-37(65)44(56)72)64-46(74)34(19-20-41(55)69)61-47(75)38-15-8-24-66(38)49(77)35(13-6-22-59-53(57)58)62-48(76)39-16-9-25-67(39)50(78)36(63-45(73)32(54)18-21-42(70)71)27-30-28-60-33-12-5-4-11-31(30)33/h4-5,11-12,28-29,32,34-40,43,60H,3,6-10,13-27,54H2,1-2H3,(H2,55,69)(H2,56,72)(H,61,75)(H,62,76)(H,63,73)(H,64,74)(H,70,71)(H4,57,58,59). The first-order valence-corrected chi connectivity index (χ1v) is 27.7. The molecule has 6 rings (SSSR count). The molecule has 27 heteroatoms. The Morgan fingerprint density at radius 1 is 0.675 bits per heavy atom. The van der Waals surface area contributed by atoms with Gasteiger partial charge in [0.2, 0.25) is 59.1 Å². The lowest BCUT2D eigenvalue weighted by Crippen LogP contribution is -2.61. The number of nitrogens with two attached hydrogens (primary N) is 4. The third-order valence-electron chi connectivity index (χ3n) is 15.8. The van der Waals surface area contributed by atoms with Crippen LogP contribution in [0.25, 0.3) is 10.9 Å². The van der Waals surface area contributed by atoms with Crippen molar-refractivity contribution >= 4 is 81.9 Å². The van der Waals surface area contributed by atoms with Gasteiger partial charge >= 0.3 is 5.97 Å². The number of para-hydroxylation sites is 1. The number of aliphatic carboxylic acids is 1. The van der Waals surface area contributed by atoms with Crippen LogP contribution >= 0.6 is 0 Å². The van der Waals surface area contributed by atoms with Crippen LogP contribution in [0.1, 0.15) is 116 Å². The molecule has 5 heterocycles. The summed E-state index contributed by atoms with van der Waals surface area (Å²) in [5.74, 6) is -8.57. The molecule has 0 aliphatic carbocycles. The number of amides is 10. The fourth-order valence-corrected chi connectivity index (χ4v) is 11.2. The number of carbonyl (C=O) groups is 11. The van der Waals surface area contributed by atoms with E-state index in [0.717, 1.165) is 10.9 Å². The van der Waals surface area contributed by atoms with Crippen molar-refractivity contribution in [3.05, 3.63) is 36.0 Å². The molecule has 4 fully saturated rings. The number of nitrogens with zero attached hydrogens (tertiary/aromatic N) is 4. The predicted molar refractivity (Wildman–Crippen MR) is 290 cm³/mol. The largest absolute Gasteiger partial charge is 0.481 e. The van der Waals surface area contributed by atoms with Gasteiger partial charge in [-0.25, -0.2) is 0 Å². The molecule has 1 aromatic heterocycles. The second-order valence-corrected chi connectivity index (χ2v) is 21.3. The minimum absolute atomic E-state index is 0.00820. The van der Waals surface area contributed by atoms with E-state index in [1.165, 1.54) is 19.6 Å². The molecule has 16 N–H and O–H groups in total. The van der Waals surface area contributed by atoms with Crippen LogP contribution in [-0.2, 0) is 59.2 Å². The maximum Gasteiger partial charge on any atom is 0.303 e. The van der Waals surface area contributed by atoms with Crippen molar-refractivity contribution in [3.8, 4) is 0 Å². The first kappa shape index (κ1) is 61.4. The van der Waals surface area contributed by atoms with E-state index >= 15 is 0 Å². The zero-order chi connectivity index (χ0) is 58.4. The van der Waals surface area contributed by atoms with Crippen molar-refractivity contribution in [2.24, 2.45) is 28.9 Å². The molecule has 4 saturated heterocycles. The van der Waals surface area contributed by atoms with E-state index in [-0.39, 0.29) is 89.9 Å². The molecule has 4 aliphatic heterocycles. The third kappa shape index (κ3) is 15.5. The fraction of sp³-hybridized carbons (Fsp3) is 0.623. The quantitative estimate of drug-likeness (QED) is 0.0258. The second-order valence-electron chi connectivity index (χ2n) is 21.3. The summed E-state index contributed by atoms with van der Waals surface area (Å²) in [6, 6.07) is -2.99. The molecule has 4 aliphatic rings. The van der Waals surface area contributed by atoms with Gasteiger partial charge in [0.05, 0.1) is 6.04 Å². The molecule has 10 atom stereocenters. The van der Waals surface area contributed by atoms with Gasteiger partial charge in [-0.1, -0.05) is 38.5 Å². The van der Waals surface area contributed by atoms with Crippen molar-refractivity contribution in [1.82, 2.24) is 51.2 Å². The van der Waals surface area contributed by atoms with Gasteiger partial charge in [-0.05, 0) is 94.6 Å². The van der Waals surface area contributed by atoms with Crippen molar-refractivity contribution in [1.29, 1.82) is 5.41 Å². The monoisotopic (exact) mass is 1120 g/mol. The van der Waals surface area contributed by atoms with Crippen LogP contribution < -0.4 is 49.5 Å². The number of H-pyrrole nitrogens is 1. The second kappa shape index (κ2) is 28.3. The molecule has 0 spiro atoms. The minimum Gasteiger partial charge on any atom is -0.481 e. The van der Waals surface area contributed by atoms with Gasteiger partial charge < -0.3 is 79.2 Å². The van der Waals surface area contributed by atoms with Crippen LogP contribution in [-0.4, -0.2) is 188 Å². The molecule has 10 unspecified atom stereocenters. The minimum atomic E-state index is -1.42. The van der Waals surface area contributed by atoms with Crippen LogP contribution in [0.3, 0.4) is 0 Å². The molecular weight excluding hydrogens is 1040 g/mol. The molecule has 438 valence electrons. The number of guanidine groups is 1. The predicted octanol–water partition coefficient (Wildman–Crippen LogP) is -2.13. The number of carboxylic acid groups (broad SMARTS) is 1. The highest BCUT2D eigenvalue weighted by Crippen LogP contribution is 2.28. The molecule has 80 heavy (non-hydrogen) atoms. The van der Waals surface area contributed by atoms with E-state index in [9.17, 15) is 57.8 Å². The van der Waals surface area contributed by atoms with Crippen LogP contribution in [0.15, 0.2) is 30.5 Å². The van der Waals surface area contributed by atoms with E-state index in [1.54, 1.807) is 13.1 Å². The number of aromatic amines is 1. The number of carbonyl (C=O) groups excluding carboxylic acids is 10. The van der Waals surface area contributed by atoms with Crippen molar-refractivity contribution in [2.45, 2.75) is 171 Å². The Morgan fingerprint density at radius 2 is 1.24 bits per heavy atom.